The SMILES string of the molecule is Cc1ccc(N2CCCn3nc(Br)nc32)cc1F. The second-order valence-corrected chi connectivity index (χ2v) is 5.05. The van der Waals surface area contributed by atoms with Gasteiger partial charge >= 0.3 is 0 Å². The summed E-state index contributed by atoms with van der Waals surface area (Å²) in [7, 11) is 0. The second kappa shape index (κ2) is 4.35. The molecule has 2 aromatic rings. The van der Waals surface area contributed by atoms with Crippen LogP contribution in [0.5, 0.6) is 0 Å². The Hall–Kier alpha value is -1.43. The minimum Gasteiger partial charge on any atom is -0.311 e. The van der Waals surface area contributed by atoms with Crippen LogP contribution in [0, 0.1) is 12.7 Å². The third-order valence-electron chi connectivity index (χ3n) is 3.09. The maximum absolute atomic E-state index is 13.6. The molecule has 0 N–H and O–H groups in total. The van der Waals surface area contributed by atoms with E-state index in [-0.39, 0.29) is 5.82 Å². The van der Waals surface area contributed by atoms with Gasteiger partial charge in [-0.25, -0.2) is 9.07 Å². The number of aryl methyl sites for hydroxylation is 2. The van der Waals surface area contributed by atoms with Gasteiger partial charge < -0.3 is 4.90 Å². The van der Waals surface area contributed by atoms with E-state index in [1.54, 1.807) is 19.1 Å². The van der Waals surface area contributed by atoms with Crippen molar-refractivity contribution in [2.45, 2.75) is 19.9 Å². The van der Waals surface area contributed by atoms with Crippen LogP contribution in [0.25, 0.3) is 0 Å². The summed E-state index contributed by atoms with van der Waals surface area (Å²) in [4.78, 5) is 6.32. The van der Waals surface area contributed by atoms with Crippen LogP contribution in [-0.4, -0.2) is 21.3 Å². The number of anilines is 2. The first-order chi connectivity index (χ1) is 8.65. The van der Waals surface area contributed by atoms with Gasteiger partial charge in [0.05, 0.1) is 0 Å². The van der Waals surface area contributed by atoms with Gasteiger partial charge in [-0.1, -0.05) is 6.07 Å². The van der Waals surface area contributed by atoms with Crippen molar-refractivity contribution in [2.24, 2.45) is 0 Å². The molecule has 0 aliphatic carbocycles. The zero-order valence-corrected chi connectivity index (χ0v) is 11.5. The molecule has 0 saturated carbocycles. The van der Waals surface area contributed by atoms with Crippen LogP contribution in [0.2, 0.25) is 0 Å². The molecule has 0 amide bonds. The molecule has 0 spiro atoms. The van der Waals surface area contributed by atoms with Gasteiger partial charge in [0.15, 0.2) is 0 Å². The Bertz CT molecular complexity index is 596. The fourth-order valence-electron chi connectivity index (χ4n) is 2.13. The van der Waals surface area contributed by atoms with E-state index in [1.807, 2.05) is 15.6 Å². The Morgan fingerprint density at radius 3 is 2.94 bits per heavy atom. The molecule has 0 saturated heterocycles. The van der Waals surface area contributed by atoms with Crippen molar-refractivity contribution >= 4 is 27.6 Å². The van der Waals surface area contributed by atoms with Crippen molar-refractivity contribution < 1.29 is 4.39 Å². The molecular formula is C12H12BrFN4. The molecule has 1 aliphatic heterocycles. The maximum atomic E-state index is 13.6. The minimum atomic E-state index is -0.191. The monoisotopic (exact) mass is 310 g/mol. The Balaban J connectivity index is 2.05. The van der Waals surface area contributed by atoms with Crippen molar-refractivity contribution in [3.63, 3.8) is 0 Å². The highest BCUT2D eigenvalue weighted by Gasteiger charge is 2.22. The molecule has 3 rings (SSSR count). The summed E-state index contributed by atoms with van der Waals surface area (Å²) in [6.07, 6.45) is 0.971. The van der Waals surface area contributed by atoms with E-state index in [0.29, 0.717) is 10.3 Å². The number of nitrogens with zero attached hydrogens (tertiary/aromatic N) is 4. The third kappa shape index (κ3) is 1.90. The fourth-order valence-corrected chi connectivity index (χ4v) is 2.48. The summed E-state index contributed by atoms with van der Waals surface area (Å²) in [5.41, 5.74) is 1.47. The van der Waals surface area contributed by atoms with Crippen LogP contribution in [-0.2, 0) is 6.54 Å². The Morgan fingerprint density at radius 2 is 2.17 bits per heavy atom. The molecule has 4 nitrogen and oxygen atoms in total. The third-order valence-corrected chi connectivity index (χ3v) is 3.42. The first-order valence-corrected chi connectivity index (χ1v) is 6.58. The van der Waals surface area contributed by atoms with Crippen LogP contribution in [0.1, 0.15) is 12.0 Å². The zero-order chi connectivity index (χ0) is 12.7. The largest absolute Gasteiger partial charge is 0.311 e. The minimum absolute atomic E-state index is 0.191. The quantitative estimate of drug-likeness (QED) is 0.812. The summed E-state index contributed by atoms with van der Waals surface area (Å²) in [5.74, 6) is 0.569. The average Bonchev–Trinajstić information content (AvgIpc) is 2.72. The molecule has 18 heavy (non-hydrogen) atoms. The van der Waals surface area contributed by atoms with Crippen molar-refractivity contribution in [1.82, 2.24) is 14.8 Å². The molecule has 0 atom stereocenters. The number of hydrogen-bond donors (Lipinski definition) is 0. The molecule has 0 fully saturated rings. The van der Waals surface area contributed by atoms with Gasteiger partial charge in [0, 0.05) is 18.8 Å². The van der Waals surface area contributed by atoms with Crippen LogP contribution >= 0.6 is 15.9 Å². The van der Waals surface area contributed by atoms with Gasteiger partial charge in [-0.15, -0.1) is 5.10 Å². The number of hydrogen-bond acceptors (Lipinski definition) is 3. The smallest absolute Gasteiger partial charge is 0.229 e. The zero-order valence-electron chi connectivity index (χ0n) is 9.90. The van der Waals surface area contributed by atoms with Crippen molar-refractivity contribution in [3.8, 4) is 0 Å². The van der Waals surface area contributed by atoms with Gasteiger partial charge in [0.25, 0.3) is 0 Å². The summed E-state index contributed by atoms with van der Waals surface area (Å²) in [6, 6.07) is 5.25. The average molecular weight is 311 g/mol. The summed E-state index contributed by atoms with van der Waals surface area (Å²) < 4.78 is 16.0. The van der Waals surface area contributed by atoms with Crippen LogP contribution in [0.15, 0.2) is 22.9 Å². The van der Waals surface area contributed by atoms with Crippen LogP contribution in [0.4, 0.5) is 16.0 Å². The molecule has 2 heterocycles. The lowest BCUT2D eigenvalue weighted by Gasteiger charge is -2.27. The summed E-state index contributed by atoms with van der Waals surface area (Å²) in [6.45, 7) is 3.43. The molecule has 1 aromatic carbocycles. The van der Waals surface area contributed by atoms with E-state index in [2.05, 4.69) is 26.0 Å². The van der Waals surface area contributed by atoms with E-state index < -0.39 is 0 Å². The lowest BCUT2D eigenvalue weighted by atomic mass is 10.2. The topological polar surface area (TPSA) is 34.0 Å². The number of rotatable bonds is 1. The van der Waals surface area contributed by atoms with Gasteiger partial charge in [-0.2, -0.15) is 4.98 Å². The molecule has 1 aromatic heterocycles. The van der Waals surface area contributed by atoms with Crippen LogP contribution in [0.3, 0.4) is 0 Å². The van der Waals surface area contributed by atoms with Crippen molar-refractivity contribution in [3.05, 3.63) is 34.3 Å². The van der Waals surface area contributed by atoms with Gasteiger partial charge in [-0.3, -0.25) is 0 Å². The molecular weight excluding hydrogens is 299 g/mol. The first kappa shape index (κ1) is 11.6. The van der Waals surface area contributed by atoms with Crippen LogP contribution < -0.4 is 4.90 Å². The normalized spacial score (nSPS) is 14.7. The Morgan fingerprint density at radius 1 is 1.33 bits per heavy atom. The Kier molecular flexibility index (Phi) is 2.81. The van der Waals surface area contributed by atoms with E-state index in [0.717, 1.165) is 31.1 Å². The number of fused-ring (bicyclic) bond motifs is 1. The molecule has 0 bridgehead atoms. The Labute approximate surface area is 113 Å². The first-order valence-electron chi connectivity index (χ1n) is 5.79. The van der Waals surface area contributed by atoms with Gasteiger partial charge in [0.2, 0.25) is 10.7 Å². The number of aromatic nitrogens is 3. The second-order valence-electron chi connectivity index (χ2n) is 4.34. The highest BCUT2D eigenvalue weighted by molar-refractivity contribution is 9.10. The fraction of sp³-hybridized carbons (Fsp3) is 0.333. The maximum Gasteiger partial charge on any atom is 0.229 e. The van der Waals surface area contributed by atoms with Crippen molar-refractivity contribution in [2.75, 3.05) is 11.4 Å². The highest BCUT2D eigenvalue weighted by Crippen LogP contribution is 2.29. The molecule has 0 unspecified atom stereocenters. The summed E-state index contributed by atoms with van der Waals surface area (Å²) >= 11 is 3.27. The van der Waals surface area contributed by atoms with E-state index >= 15 is 0 Å². The predicted molar refractivity (Wildman–Crippen MR) is 70.5 cm³/mol. The molecule has 6 heteroatoms. The van der Waals surface area contributed by atoms with E-state index in [4.69, 9.17) is 0 Å². The lowest BCUT2D eigenvalue weighted by molar-refractivity contribution is 0.536. The lowest BCUT2D eigenvalue weighted by Crippen LogP contribution is -2.28. The highest BCUT2D eigenvalue weighted by atomic mass is 79.9. The molecule has 94 valence electrons. The standard InChI is InChI=1S/C12H12BrFN4/c1-8-3-4-9(7-10(8)14)17-5-2-6-18-12(17)15-11(13)16-18/h3-4,7H,2,5-6H2,1H3. The van der Waals surface area contributed by atoms with E-state index in [1.165, 1.54) is 0 Å². The van der Waals surface area contributed by atoms with Crippen molar-refractivity contribution in [1.29, 1.82) is 0 Å². The molecule has 1 aliphatic rings. The van der Waals surface area contributed by atoms with Gasteiger partial charge in [-0.05, 0) is 47.0 Å². The predicted octanol–water partition coefficient (Wildman–Crippen LogP) is 3.03. The number of benzene rings is 1. The van der Waals surface area contributed by atoms with E-state index in [9.17, 15) is 4.39 Å². The number of halogens is 2. The molecule has 0 radical (unpaired) electrons. The van der Waals surface area contributed by atoms with Gasteiger partial charge in [0.1, 0.15) is 5.82 Å². The summed E-state index contributed by atoms with van der Waals surface area (Å²) in [5, 5.41) is 4.25.